The second-order valence-electron chi connectivity index (χ2n) is 4.33. The lowest BCUT2D eigenvalue weighted by atomic mass is 10.1. The molecule has 0 unspecified atom stereocenters. The quantitative estimate of drug-likeness (QED) is 0.911. The summed E-state index contributed by atoms with van der Waals surface area (Å²) in [4.78, 5) is 13.4. The fourth-order valence-electron chi connectivity index (χ4n) is 2.01. The molecule has 0 saturated carbocycles. The summed E-state index contributed by atoms with van der Waals surface area (Å²) < 4.78 is 5.13. The molecular weight excluding hydrogens is 270 g/mol. The Morgan fingerprint density at radius 2 is 1.80 bits per heavy atom. The van der Waals surface area contributed by atoms with Gasteiger partial charge in [-0.15, -0.1) is 0 Å². The summed E-state index contributed by atoms with van der Waals surface area (Å²) in [7, 11) is 1.62. The zero-order valence-corrected chi connectivity index (χ0v) is 11.7. The number of hydrogen-bond acceptors (Lipinski definition) is 3. The van der Waals surface area contributed by atoms with Gasteiger partial charge in [0.25, 0.3) is 5.91 Å². The summed E-state index contributed by atoms with van der Waals surface area (Å²) in [5, 5.41) is 4.83. The van der Waals surface area contributed by atoms with Gasteiger partial charge in [-0.05, 0) is 35.2 Å². The number of rotatable bonds is 2. The Bertz CT molecular complexity index is 677. The molecular formula is C16H13NO2S. The van der Waals surface area contributed by atoms with Crippen LogP contribution >= 0.6 is 11.8 Å². The Kier molecular flexibility index (Phi) is 3.48. The van der Waals surface area contributed by atoms with Crippen LogP contribution in [0.1, 0.15) is 5.56 Å². The number of thioether (sulfide) groups is 1. The van der Waals surface area contributed by atoms with Crippen molar-refractivity contribution >= 4 is 28.9 Å². The van der Waals surface area contributed by atoms with E-state index in [9.17, 15) is 4.79 Å². The average Bonchev–Trinajstić information content (AvgIpc) is 2.66. The first kappa shape index (κ1) is 12.8. The van der Waals surface area contributed by atoms with E-state index in [2.05, 4.69) is 5.32 Å². The SMILES string of the molecule is COc1ccc(C2=CSc3ccccc3NC2=O)cc1. The number of amides is 1. The van der Waals surface area contributed by atoms with E-state index in [-0.39, 0.29) is 5.91 Å². The Morgan fingerprint density at radius 3 is 2.55 bits per heavy atom. The number of anilines is 1. The zero-order valence-electron chi connectivity index (χ0n) is 10.9. The van der Waals surface area contributed by atoms with Gasteiger partial charge in [-0.3, -0.25) is 4.79 Å². The fourth-order valence-corrected chi connectivity index (χ4v) is 2.90. The van der Waals surface area contributed by atoms with Gasteiger partial charge < -0.3 is 10.1 Å². The summed E-state index contributed by atoms with van der Waals surface area (Å²) in [6.45, 7) is 0. The van der Waals surface area contributed by atoms with E-state index < -0.39 is 0 Å². The molecule has 2 aromatic rings. The van der Waals surface area contributed by atoms with Crippen LogP contribution in [0.15, 0.2) is 58.8 Å². The van der Waals surface area contributed by atoms with Crippen molar-refractivity contribution < 1.29 is 9.53 Å². The van der Waals surface area contributed by atoms with Gasteiger partial charge in [-0.25, -0.2) is 0 Å². The lowest BCUT2D eigenvalue weighted by Crippen LogP contribution is -2.12. The van der Waals surface area contributed by atoms with Crippen molar-refractivity contribution in [3.05, 3.63) is 59.5 Å². The van der Waals surface area contributed by atoms with E-state index in [1.807, 2.05) is 53.9 Å². The standard InChI is InChI=1S/C16H13NO2S/c1-19-12-8-6-11(7-9-12)13-10-20-15-5-3-2-4-14(15)17-16(13)18/h2-10H,1H3,(H,17,18). The predicted molar refractivity (Wildman–Crippen MR) is 81.9 cm³/mol. The van der Waals surface area contributed by atoms with E-state index in [0.29, 0.717) is 5.57 Å². The highest BCUT2D eigenvalue weighted by Crippen LogP contribution is 2.34. The molecule has 0 aliphatic carbocycles. The third-order valence-corrected chi connectivity index (χ3v) is 4.05. The summed E-state index contributed by atoms with van der Waals surface area (Å²) in [5.74, 6) is 0.687. The highest BCUT2D eigenvalue weighted by Gasteiger charge is 2.17. The van der Waals surface area contributed by atoms with Gasteiger partial charge in [0, 0.05) is 4.90 Å². The van der Waals surface area contributed by atoms with Gasteiger partial charge in [0.1, 0.15) is 5.75 Å². The maximum Gasteiger partial charge on any atom is 0.256 e. The van der Waals surface area contributed by atoms with Crippen molar-refractivity contribution in [3.63, 3.8) is 0 Å². The smallest absolute Gasteiger partial charge is 0.256 e. The van der Waals surface area contributed by atoms with Crippen LogP contribution in [-0.4, -0.2) is 13.0 Å². The topological polar surface area (TPSA) is 38.3 Å². The molecule has 100 valence electrons. The molecule has 1 aliphatic rings. The molecule has 0 bridgehead atoms. The van der Waals surface area contributed by atoms with Crippen molar-refractivity contribution in [1.82, 2.24) is 0 Å². The van der Waals surface area contributed by atoms with Crippen molar-refractivity contribution in [3.8, 4) is 5.75 Å². The monoisotopic (exact) mass is 283 g/mol. The molecule has 0 spiro atoms. The first-order chi connectivity index (χ1) is 9.78. The van der Waals surface area contributed by atoms with Crippen LogP contribution in [0.5, 0.6) is 5.75 Å². The number of benzene rings is 2. The molecule has 1 aliphatic heterocycles. The minimum Gasteiger partial charge on any atom is -0.497 e. The maximum atomic E-state index is 12.3. The second-order valence-corrected chi connectivity index (χ2v) is 5.24. The third kappa shape index (κ3) is 2.42. The number of carbonyl (C=O) groups is 1. The molecule has 1 N–H and O–H groups in total. The molecule has 0 radical (unpaired) electrons. The average molecular weight is 283 g/mol. The van der Waals surface area contributed by atoms with Crippen LogP contribution in [0.25, 0.3) is 5.57 Å². The molecule has 0 aromatic heterocycles. The summed E-state index contributed by atoms with van der Waals surface area (Å²) >= 11 is 1.55. The van der Waals surface area contributed by atoms with Gasteiger partial charge >= 0.3 is 0 Å². The van der Waals surface area contributed by atoms with Gasteiger partial charge in [0.15, 0.2) is 0 Å². The number of carbonyl (C=O) groups excluding carboxylic acids is 1. The fraction of sp³-hybridized carbons (Fsp3) is 0.0625. The van der Waals surface area contributed by atoms with Crippen molar-refractivity contribution in [1.29, 1.82) is 0 Å². The summed E-state index contributed by atoms with van der Waals surface area (Å²) in [6.07, 6.45) is 0. The van der Waals surface area contributed by atoms with E-state index in [0.717, 1.165) is 21.9 Å². The van der Waals surface area contributed by atoms with Crippen molar-refractivity contribution in [2.24, 2.45) is 0 Å². The molecule has 1 heterocycles. The number of nitrogens with one attached hydrogen (secondary N) is 1. The highest BCUT2D eigenvalue weighted by atomic mass is 32.2. The number of hydrogen-bond donors (Lipinski definition) is 1. The molecule has 0 fully saturated rings. The van der Waals surface area contributed by atoms with Gasteiger partial charge in [-0.1, -0.05) is 36.0 Å². The van der Waals surface area contributed by atoms with Crippen LogP contribution in [0, 0.1) is 0 Å². The lowest BCUT2D eigenvalue weighted by Gasteiger charge is -2.07. The number of methoxy groups -OCH3 is 1. The normalized spacial score (nSPS) is 13.8. The third-order valence-electron chi connectivity index (χ3n) is 3.08. The maximum absolute atomic E-state index is 12.3. The molecule has 4 heteroatoms. The minimum atomic E-state index is -0.0902. The minimum absolute atomic E-state index is 0.0902. The summed E-state index contributed by atoms with van der Waals surface area (Å²) in [6, 6.07) is 15.3. The van der Waals surface area contributed by atoms with Crippen LogP contribution in [0.4, 0.5) is 5.69 Å². The molecule has 3 nitrogen and oxygen atoms in total. The first-order valence-corrected chi connectivity index (χ1v) is 7.07. The van der Waals surface area contributed by atoms with E-state index in [1.54, 1.807) is 18.9 Å². The van der Waals surface area contributed by atoms with Crippen LogP contribution in [0.3, 0.4) is 0 Å². The Labute approximate surface area is 121 Å². The van der Waals surface area contributed by atoms with Crippen LogP contribution in [-0.2, 0) is 4.79 Å². The molecule has 0 atom stereocenters. The molecule has 1 amide bonds. The lowest BCUT2D eigenvalue weighted by molar-refractivity contribution is -0.111. The van der Waals surface area contributed by atoms with Gasteiger partial charge in [-0.2, -0.15) is 0 Å². The van der Waals surface area contributed by atoms with E-state index >= 15 is 0 Å². The largest absolute Gasteiger partial charge is 0.497 e. The predicted octanol–water partition coefficient (Wildman–Crippen LogP) is 3.78. The number of para-hydroxylation sites is 1. The van der Waals surface area contributed by atoms with E-state index in [1.165, 1.54) is 0 Å². The van der Waals surface area contributed by atoms with Gasteiger partial charge in [0.05, 0.1) is 18.4 Å². The zero-order chi connectivity index (χ0) is 13.9. The Morgan fingerprint density at radius 1 is 1.05 bits per heavy atom. The summed E-state index contributed by atoms with van der Waals surface area (Å²) in [5.41, 5.74) is 2.39. The van der Waals surface area contributed by atoms with Crippen LogP contribution < -0.4 is 10.1 Å². The molecule has 3 rings (SSSR count). The first-order valence-electron chi connectivity index (χ1n) is 6.19. The number of fused-ring (bicyclic) bond motifs is 1. The molecule has 2 aromatic carbocycles. The second kappa shape index (κ2) is 5.43. The van der Waals surface area contributed by atoms with E-state index in [4.69, 9.17) is 4.74 Å². The Hall–Kier alpha value is -2.20. The number of ether oxygens (including phenoxy) is 1. The molecule has 0 saturated heterocycles. The van der Waals surface area contributed by atoms with Crippen molar-refractivity contribution in [2.45, 2.75) is 4.90 Å². The molecule has 20 heavy (non-hydrogen) atoms. The van der Waals surface area contributed by atoms with Gasteiger partial charge in [0.2, 0.25) is 0 Å². The Balaban J connectivity index is 1.94. The van der Waals surface area contributed by atoms with Crippen molar-refractivity contribution in [2.75, 3.05) is 12.4 Å². The highest BCUT2D eigenvalue weighted by molar-refractivity contribution is 8.02. The van der Waals surface area contributed by atoms with Crippen LogP contribution in [0.2, 0.25) is 0 Å².